The second-order valence-corrected chi connectivity index (χ2v) is 6.44. The third-order valence-corrected chi connectivity index (χ3v) is 3.81. The standard InChI is InChI=1S/C18H21N7O2/c1-12-9-16(26)21-17(19-12)13-5-4-6-14(10-13)20-18(27)15-11-25(23-22-15)8-7-24(2)3/h4-6,9-11H,7-8H2,1-3H3,(H,20,27)(H,19,21,26). The predicted octanol–water partition coefficient (Wildman–Crippen LogP) is 1.15. The summed E-state index contributed by atoms with van der Waals surface area (Å²) in [5.74, 6) is 0.0969. The van der Waals surface area contributed by atoms with Crippen LogP contribution in [-0.4, -0.2) is 56.4 Å². The van der Waals surface area contributed by atoms with E-state index in [-0.39, 0.29) is 17.2 Å². The maximum absolute atomic E-state index is 12.4. The van der Waals surface area contributed by atoms with E-state index in [1.54, 1.807) is 36.0 Å². The lowest BCUT2D eigenvalue weighted by atomic mass is 10.2. The first kappa shape index (κ1) is 18.5. The summed E-state index contributed by atoms with van der Waals surface area (Å²) in [7, 11) is 3.93. The van der Waals surface area contributed by atoms with Crippen LogP contribution in [0.4, 0.5) is 5.69 Å². The first-order chi connectivity index (χ1) is 12.9. The minimum Gasteiger partial charge on any atom is -0.321 e. The van der Waals surface area contributed by atoms with Crippen molar-refractivity contribution in [2.75, 3.05) is 26.0 Å². The number of carbonyl (C=O) groups excluding carboxylic acids is 1. The van der Waals surface area contributed by atoms with Crippen molar-refractivity contribution < 1.29 is 4.79 Å². The van der Waals surface area contributed by atoms with Crippen molar-refractivity contribution in [1.82, 2.24) is 29.9 Å². The van der Waals surface area contributed by atoms with Crippen LogP contribution in [-0.2, 0) is 6.54 Å². The Bertz CT molecular complexity index is 1010. The molecule has 0 aliphatic rings. The fraction of sp³-hybridized carbons (Fsp3) is 0.278. The van der Waals surface area contributed by atoms with Crippen LogP contribution in [0.15, 0.2) is 41.3 Å². The van der Waals surface area contributed by atoms with Gasteiger partial charge in [0.1, 0.15) is 5.82 Å². The number of aromatic nitrogens is 5. The van der Waals surface area contributed by atoms with Gasteiger partial charge in [0.25, 0.3) is 11.5 Å². The number of hydrogen-bond donors (Lipinski definition) is 2. The summed E-state index contributed by atoms with van der Waals surface area (Å²) < 4.78 is 1.63. The van der Waals surface area contributed by atoms with Crippen molar-refractivity contribution in [3.63, 3.8) is 0 Å². The summed E-state index contributed by atoms with van der Waals surface area (Å²) in [6, 6.07) is 8.51. The molecule has 0 fully saturated rings. The molecule has 0 radical (unpaired) electrons. The van der Waals surface area contributed by atoms with Crippen LogP contribution in [0, 0.1) is 6.92 Å². The minimum absolute atomic E-state index is 0.221. The van der Waals surface area contributed by atoms with Crippen molar-refractivity contribution in [2.45, 2.75) is 13.5 Å². The minimum atomic E-state index is -0.353. The summed E-state index contributed by atoms with van der Waals surface area (Å²) in [4.78, 5) is 33.1. The Morgan fingerprint density at radius 3 is 2.85 bits per heavy atom. The number of hydrogen-bond acceptors (Lipinski definition) is 6. The second kappa shape index (κ2) is 7.92. The zero-order valence-corrected chi connectivity index (χ0v) is 15.4. The van der Waals surface area contributed by atoms with Gasteiger partial charge in [-0.1, -0.05) is 17.3 Å². The number of benzene rings is 1. The van der Waals surface area contributed by atoms with E-state index < -0.39 is 0 Å². The molecular weight excluding hydrogens is 346 g/mol. The van der Waals surface area contributed by atoms with Gasteiger partial charge in [-0.3, -0.25) is 14.3 Å². The van der Waals surface area contributed by atoms with Crippen LogP contribution < -0.4 is 10.9 Å². The molecule has 3 aromatic rings. The normalized spacial score (nSPS) is 11.0. The van der Waals surface area contributed by atoms with Crippen LogP contribution in [0.5, 0.6) is 0 Å². The molecule has 27 heavy (non-hydrogen) atoms. The lowest BCUT2D eigenvalue weighted by Crippen LogP contribution is -2.18. The van der Waals surface area contributed by atoms with E-state index in [4.69, 9.17) is 0 Å². The molecule has 2 heterocycles. The molecule has 0 aliphatic carbocycles. The highest BCUT2D eigenvalue weighted by atomic mass is 16.2. The van der Waals surface area contributed by atoms with Crippen molar-refractivity contribution in [3.05, 3.63) is 58.3 Å². The summed E-state index contributed by atoms with van der Waals surface area (Å²) in [5, 5.41) is 10.7. The molecule has 140 valence electrons. The van der Waals surface area contributed by atoms with Gasteiger partial charge in [-0.05, 0) is 33.2 Å². The molecule has 0 bridgehead atoms. The van der Waals surface area contributed by atoms with Crippen molar-refractivity contribution >= 4 is 11.6 Å². The lowest BCUT2D eigenvalue weighted by Gasteiger charge is -2.08. The number of rotatable bonds is 6. The van der Waals surface area contributed by atoms with Gasteiger partial charge in [-0.15, -0.1) is 5.10 Å². The Hall–Kier alpha value is -3.33. The quantitative estimate of drug-likeness (QED) is 0.676. The number of nitrogens with one attached hydrogen (secondary N) is 2. The summed E-state index contributed by atoms with van der Waals surface area (Å²) >= 11 is 0. The molecule has 0 atom stereocenters. The van der Waals surface area contributed by atoms with Gasteiger partial charge in [-0.2, -0.15) is 0 Å². The van der Waals surface area contributed by atoms with E-state index in [2.05, 4.69) is 25.6 Å². The number of likely N-dealkylation sites (N-methyl/N-ethyl adjacent to an activating group) is 1. The van der Waals surface area contributed by atoms with E-state index in [1.165, 1.54) is 6.07 Å². The summed E-state index contributed by atoms with van der Waals surface area (Å²) in [6.45, 7) is 3.20. The zero-order chi connectivity index (χ0) is 19.4. The third kappa shape index (κ3) is 4.85. The Morgan fingerprint density at radius 2 is 2.11 bits per heavy atom. The van der Waals surface area contributed by atoms with Gasteiger partial charge in [0, 0.05) is 29.6 Å². The van der Waals surface area contributed by atoms with Crippen molar-refractivity contribution in [2.24, 2.45) is 0 Å². The average Bonchev–Trinajstić information content (AvgIpc) is 3.08. The molecule has 0 saturated carbocycles. The van der Waals surface area contributed by atoms with Crippen molar-refractivity contribution in [3.8, 4) is 11.4 Å². The van der Waals surface area contributed by atoms with Crippen LogP contribution >= 0.6 is 0 Å². The smallest absolute Gasteiger partial charge is 0.277 e. The molecule has 3 rings (SSSR count). The van der Waals surface area contributed by atoms with Gasteiger partial charge in [0.2, 0.25) is 0 Å². The maximum atomic E-state index is 12.4. The molecule has 2 N–H and O–H groups in total. The molecule has 0 spiro atoms. The van der Waals surface area contributed by atoms with Crippen LogP contribution in [0.2, 0.25) is 0 Å². The Labute approximate surface area is 156 Å². The first-order valence-electron chi connectivity index (χ1n) is 8.45. The first-order valence-corrected chi connectivity index (χ1v) is 8.45. The number of amides is 1. The number of aryl methyl sites for hydroxylation is 1. The molecule has 2 aromatic heterocycles. The van der Waals surface area contributed by atoms with Gasteiger partial charge < -0.3 is 15.2 Å². The van der Waals surface area contributed by atoms with Gasteiger partial charge in [0.15, 0.2) is 5.69 Å². The number of aromatic amines is 1. The number of H-pyrrole nitrogens is 1. The SMILES string of the molecule is Cc1cc(=O)[nH]c(-c2cccc(NC(=O)c3cn(CCN(C)C)nn3)c2)n1. The monoisotopic (exact) mass is 367 g/mol. The Kier molecular flexibility index (Phi) is 5.41. The average molecular weight is 367 g/mol. The highest BCUT2D eigenvalue weighted by Crippen LogP contribution is 2.19. The molecule has 9 heteroatoms. The van der Waals surface area contributed by atoms with Gasteiger partial charge >= 0.3 is 0 Å². The second-order valence-electron chi connectivity index (χ2n) is 6.44. The molecule has 0 aliphatic heterocycles. The maximum Gasteiger partial charge on any atom is 0.277 e. The molecule has 9 nitrogen and oxygen atoms in total. The number of carbonyl (C=O) groups is 1. The van der Waals surface area contributed by atoms with Gasteiger partial charge in [-0.25, -0.2) is 4.98 Å². The number of anilines is 1. The van der Waals surface area contributed by atoms with Crippen LogP contribution in [0.3, 0.4) is 0 Å². The summed E-state index contributed by atoms with van der Waals surface area (Å²) in [5.41, 5.74) is 1.91. The highest BCUT2D eigenvalue weighted by Gasteiger charge is 2.12. The molecular formula is C18H21N7O2. The van der Waals surface area contributed by atoms with Gasteiger partial charge in [0.05, 0.1) is 12.7 Å². The topological polar surface area (TPSA) is 109 Å². The van der Waals surface area contributed by atoms with Crippen LogP contribution in [0.1, 0.15) is 16.2 Å². The van der Waals surface area contributed by atoms with E-state index in [0.29, 0.717) is 29.3 Å². The zero-order valence-electron chi connectivity index (χ0n) is 15.4. The van der Waals surface area contributed by atoms with Crippen molar-refractivity contribution in [1.29, 1.82) is 0 Å². The van der Waals surface area contributed by atoms with Crippen LogP contribution in [0.25, 0.3) is 11.4 Å². The van der Waals surface area contributed by atoms with E-state index >= 15 is 0 Å². The van der Waals surface area contributed by atoms with E-state index in [9.17, 15) is 9.59 Å². The number of nitrogens with zero attached hydrogens (tertiary/aromatic N) is 5. The third-order valence-electron chi connectivity index (χ3n) is 3.81. The fourth-order valence-corrected chi connectivity index (χ4v) is 2.47. The molecule has 0 unspecified atom stereocenters. The summed E-state index contributed by atoms with van der Waals surface area (Å²) in [6.07, 6.45) is 1.61. The molecule has 0 saturated heterocycles. The fourth-order valence-electron chi connectivity index (χ4n) is 2.47. The lowest BCUT2D eigenvalue weighted by molar-refractivity contribution is 0.102. The largest absolute Gasteiger partial charge is 0.321 e. The molecule has 1 amide bonds. The predicted molar refractivity (Wildman–Crippen MR) is 102 cm³/mol. The Balaban J connectivity index is 1.74. The highest BCUT2D eigenvalue weighted by molar-refractivity contribution is 6.02. The van der Waals surface area contributed by atoms with E-state index in [0.717, 1.165) is 6.54 Å². The van der Waals surface area contributed by atoms with E-state index in [1.807, 2.05) is 25.1 Å². The molecule has 1 aromatic carbocycles. The Morgan fingerprint density at radius 1 is 1.30 bits per heavy atom.